The predicted molar refractivity (Wildman–Crippen MR) is 90.8 cm³/mol. The van der Waals surface area contributed by atoms with E-state index in [-0.39, 0.29) is 5.91 Å². The number of hydrogen-bond acceptors (Lipinski definition) is 4. The van der Waals surface area contributed by atoms with Crippen molar-refractivity contribution in [2.24, 2.45) is 5.92 Å². The highest BCUT2D eigenvalue weighted by Crippen LogP contribution is 2.21. The highest BCUT2D eigenvalue weighted by molar-refractivity contribution is 5.79. The van der Waals surface area contributed by atoms with E-state index in [0.29, 0.717) is 12.3 Å². The highest BCUT2D eigenvalue weighted by atomic mass is 16.5. The van der Waals surface area contributed by atoms with Gasteiger partial charge in [-0.3, -0.25) is 9.89 Å². The molecule has 0 bridgehead atoms. The minimum absolute atomic E-state index is 0.190. The second kappa shape index (κ2) is 7.47. The van der Waals surface area contributed by atoms with Crippen molar-refractivity contribution in [2.75, 3.05) is 20.2 Å². The summed E-state index contributed by atoms with van der Waals surface area (Å²) < 4.78 is 5.21. The van der Waals surface area contributed by atoms with Gasteiger partial charge < -0.3 is 9.64 Å². The summed E-state index contributed by atoms with van der Waals surface area (Å²) in [7, 11) is 1.64. The van der Waals surface area contributed by atoms with Crippen molar-refractivity contribution in [3.05, 3.63) is 41.5 Å². The predicted octanol–water partition coefficient (Wildman–Crippen LogP) is 2.15. The third-order valence-electron chi connectivity index (χ3n) is 4.57. The molecule has 24 heavy (non-hydrogen) atoms. The normalized spacial score (nSPS) is 15.5. The minimum atomic E-state index is 0.190. The number of carbonyl (C=O) groups excluding carboxylic acids is 1. The van der Waals surface area contributed by atoms with E-state index in [2.05, 4.69) is 15.2 Å². The van der Waals surface area contributed by atoms with Gasteiger partial charge in [-0.1, -0.05) is 12.1 Å². The lowest BCUT2D eigenvalue weighted by Crippen LogP contribution is -2.39. The number of likely N-dealkylation sites (tertiary alicyclic amines) is 1. The second-order valence-electron chi connectivity index (χ2n) is 6.39. The molecule has 0 aliphatic carbocycles. The van der Waals surface area contributed by atoms with E-state index in [9.17, 15) is 4.79 Å². The summed E-state index contributed by atoms with van der Waals surface area (Å²) in [5, 5.41) is 7.09. The van der Waals surface area contributed by atoms with E-state index in [1.165, 1.54) is 0 Å². The molecule has 128 valence electrons. The van der Waals surface area contributed by atoms with Crippen LogP contribution < -0.4 is 4.74 Å². The molecule has 6 nitrogen and oxygen atoms in total. The Balaban J connectivity index is 1.49. The largest absolute Gasteiger partial charge is 0.497 e. The Morgan fingerprint density at radius 3 is 2.83 bits per heavy atom. The van der Waals surface area contributed by atoms with Crippen LogP contribution in [0.15, 0.2) is 24.3 Å². The number of aryl methyl sites for hydroxylation is 1. The first-order chi connectivity index (χ1) is 11.6. The topological polar surface area (TPSA) is 71.1 Å². The molecular weight excluding hydrogens is 304 g/mol. The van der Waals surface area contributed by atoms with Crippen molar-refractivity contribution in [1.29, 1.82) is 0 Å². The van der Waals surface area contributed by atoms with E-state index in [1.54, 1.807) is 7.11 Å². The number of H-pyrrole nitrogens is 1. The Labute approximate surface area is 142 Å². The molecule has 1 fully saturated rings. The van der Waals surface area contributed by atoms with E-state index >= 15 is 0 Å². The molecule has 0 spiro atoms. The number of methoxy groups -OCH3 is 1. The summed E-state index contributed by atoms with van der Waals surface area (Å²) in [6.45, 7) is 3.55. The summed E-state index contributed by atoms with van der Waals surface area (Å²) >= 11 is 0. The Morgan fingerprint density at radius 1 is 1.38 bits per heavy atom. The highest BCUT2D eigenvalue weighted by Gasteiger charge is 2.24. The summed E-state index contributed by atoms with van der Waals surface area (Å²) in [5.41, 5.74) is 0.998. The van der Waals surface area contributed by atoms with Gasteiger partial charge in [-0.05, 0) is 43.4 Å². The zero-order chi connectivity index (χ0) is 16.9. The van der Waals surface area contributed by atoms with Gasteiger partial charge in [0.25, 0.3) is 0 Å². The van der Waals surface area contributed by atoms with Crippen LogP contribution in [-0.2, 0) is 17.6 Å². The molecular formula is C18H24N4O2. The molecule has 0 atom stereocenters. The number of ether oxygens (including phenoxy) is 1. The van der Waals surface area contributed by atoms with Crippen LogP contribution in [0.2, 0.25) is 0 Å². The van der Waals surface area contributed by atoms with Crippen molar-refractivity contribution in [3.63, 3.8) is 0 Å². The molecule has 1 amide bonds. The molecule has 0 unspecified atom stereocenters. The van der Waals surface area contributed by atoms with Gasteiger partial charge in [0.05, 0.1) is 13.5 Å². The number of hydrogen-bond donors (Lipinski definition) is 1. The minimum Gasteiger partial charge on any atom is -0.497 e. The number of nitrogens with one attached hydrogen (secondary N) is 1. The standard InChI is InChI=1S/C18H24N4O2/c1-13-19-17(21-20-13)11-14-6-8-22(9-7-14)18(23)12-15-4-3-5-16(10-15)24-2/h3-5,10,14H,6-9,11-12H2,1-2H3,(H,19,20,21). The average molecular weight is 328 g/mol. The van der Waals surface area contributed by atoms with Gasteiger partial charge in [0.1, 0.15) is 11.6 Å². The van der Waals surface area contributed by atoms with Crippen molar-refractivity contribution in [1.82, 2.24) is 20.1 Å². The first-order valence-corrected chi connectivity index (χ1v) is 8.42. The Morgan fingerprint density at radius 2 is 2.17 bits per heavy atom. The maximum absolute atomic E-state index is 12.5. The van der Waals surface area contributed by atoms with Crippen LogP contribution in [0.1, 0.15) is 30.1 Å². The third kappa shape index (κ3) is 4.13. The van der Waals surface area contributed by atoms with Crippen LogP contribution in [0, 0.1) is 12.8 Å². The van der Waals surface area contributed by atoms with E-state index in [1.807, 2.05) is 36.1 Å². The molecule has 0 saturated carbocycles. The lowest BCUT2D eigenvalue weighted by atomic mass is 9.93. The molecule has 6 heteroatoms. The van der Waals surface area contributed by atoms with Crippen molar-refractivity contribution < 1.29 is 9.53 Å². The molecule has 3 rings (SSSR count). The summed E-state index contributed by atoms with van der Waals surface area (Å²) in [5.74, 6) is 3.28. The van der Waals surface area contributed by atoms with Crippen LogP contribution in [0.4, 0.5) is 0 Å². The fourth-order valence-corrected chi connectivity index (χ4v) is 3.19. The maximum atomic E-state index is 12.5. The van der Waals surface area contributed by atoms with Gasteiger partial charge in [-0.2, -0.15) is 5.10 Å². The summed E-state index contributed by atoms with van der Waals surface area (Å²) in [6, 6.07) is 7.71. The number of carbonyl (C=O) groups is 1. The SMILES string of the molecule is COc1cccc(CC(=O)N2CCC(Cc3n[nH]c(C)n3)CC2)c1. The summed E-state index contributed by atoms with van der Waals surface area (Å²) in [4.78, 5) is 18.8. The first-order valence-electron chi connectivity index (χ1n) is 8.42. The molecule has 1 aromatic carbocycles. The van der Waals surface area contributed by atoms with Crippen LogP contribution in [0.5, 0.6) is 5.75 Å². The van der Waals surface area contributed by atoms with Crippen LogP contribution in [0.3, 0.4) is 0 Å². The lowest BCUT2D eigenvalue weighted by Gasteiger charge is -2.31. The number of benzene rings is 1. The molecule has 2 heterocycles. The van der Waals surface area contributed by atoms with E-state index in [4.69, 9.17) is 4.74 Å². The average Bonchev–Trinajstić information content (AvgIpc) is 3.00. The van der Waals surface area contributed by atoms with Gasteiger partial charge in [0.2, 0.25) is 5.91 Å². The number of piperidine rings is 1. The van der Waals surface area contributed by atoms with E-state index in [0.717, 1.165) is 55.3 Å². The van der Waals surface area contributed by atoms with Gasteiger partial charge in [0.15, 0.2) is 5.82 Å². The number of amides is 1. The van der Waals surface area contributed by atoms with Crippen molar-refractivity contribution in [2.45, 2.75) is 32.6 Å². The Kier molecular flexibility index (Phi) is 5.13. The van der Waals surface area contributed by atoms with Gasteiger partial charge >= 0.3 is 0 Å². The number of nitrogens with zero attached hydrogens (tertiary/aromatic N) is 3. The van der Waals surface area contributed by atoms with Gasteiger partial charge in [-0.15, -0.1) is 0 Å². The fourth-order valence-electron chi connectivity index (χ4n) is 3.19. The second-order valence-corrected chi connectivity index (χ2v) is 6.39. The quantitative estimate of drug-likeness (QED) is 0.913. The van der Waals surface area contributed by atoms with Gasteiger partial charge in [0, 0.05) is 19.5 Å². The van der Waals surface area contributed by atoms with Crippen molar-refractivity contribution in [3.8, 4) is 5.75 Å². The fraction of sp³-hybridized carbons (Fsp3) is 0.500. The molecule has 0 radical (unpaired) electrons. The number of rotatable bonds is 5. The molecule has 1 N–H and O–H groups in total. The maximum Gasteiger partial charge on any atom is 0.226 e. The zero-order valence-electron chi connectivity index (χ0n) is 14.3. The molecule has 1 saturated heterocycles. The molecule has 1 aliphatic rings. The van der Waals surface area contributed by atoms with Gasteiger partial charge in [-0.25, -0.2) is 4.98 Å². The Bertz CT molecular complexity index is 690. The summed E-state index contributed by atoms with van der Waals surface area (Å²) in [6.07, 6.45) is 3.35. The smallest absolute Gasteiger partial charge is 0.226 e. The first kappa shape index (κ1) is 16.5. The Hall–Kier alpha value is -2.37. The molecule has 1 aliphatic heterocycles. The monoisotopic (exact) mass is 328 g/mol. The third-order valence-corrected chi connectivity index (χ3v) is 4.57. The van der Waals surface area contributed by atoms with Crippen molar-refractivity contribution >= 4 is 5.91 Å². The number of aromatic nitrogens is 3. The van der Waals surface area contributed by atoms with Crippen LogP contribution in [0.25, 0.3) is 0 Å². The van der Waals surface area contributed by atoms with Crippen LogP contribution in [-0.4, -0.2) is 46.2 Å². The zero-order valence-corrected chi connectivity index (χ0v) is 14.3. The van der Waals surface area contributed by atoms with E-state index < -0.39 is 0 Å². The lowest BCUT2D eigenvalue weighted by molar-refractivity contribution is -0.131. The van der Waals surface area contributed by atoms with Crippen LogP contribution >= 0.6 is 0 Å². The molecule has 1 aromatic heterocycles. The molecule has 2 aromatic rings. The number of aromatic amines is 1.